The lowest BCUT2D eigenvalue weighted by Gasteiger charge is -2.19. The maximum Gasteiger partial charge on any atom is 0.321 e. The van der Waals surface area contributed by atoms with Gasteiger partial charge in [0.1, 0.15) is 5.75 Å². The Bertz CT molecular complexity index is 662. The van der Waals surface area contributed by atoms with Crippen molar-refractivity contribution in [2.24, 2.45) is 0 Å². The number of halogens is 2. The van der Waals surface area contributed by atoms with E-state index in [9.17, 15) is 9.90 Å². The molecule has 2 aromatic rings. The standard InChI is InChI=1S/C15H14Br2N2O2/c1-19(9-10-4-2-3-5-14(10)20)15(21)18-13-8-11(16)6-7-12(13)17/h2-8,20H,9H2,1H3,(H,18,21). The summed E-state index contributed by atoms with van der Waals surface area (Å²) in [5.41, 5.74) is 1.38. The van der Waals surface area contributed by atoms with Crippen molar-refractivity contribution >= 4 is 43.6 Å². The van der Waals surface area contributed by atoms with Gasteiger partial charge >= 0.3 is 6.03 Å². The second-order valence-electron chi connectivity index (χ2n) is 4.54. The molecule has 4 nitrogen and oxygen atoms in total. The van der Waals surface area contributed by atoms with Crippen molar-refractivity contribution < 1.29 is 9.90 Å². The minimum Gasteiger partial charge on any atom is -0.508 e. The number of amides is 2. The first-order valence-corrected chi connectivity index (χ1v) is 7.80. The highest BCUT2D eigenvalue weighted by atomic mass is 79.9. The Morgan fingerprint density at radius 1 is 1.24 bits per heavy atom. The number of carbonyl (C=O) groups excluding carboxylic acids is 1. The van der Waals surface area contributed by atoms with Crippen molar-refractivity contribution in [3.63, 3.8) is 0 Å². The molecule has 0 heterocycles. The monoisotopic (exact) mass is 412 g/mol. The molecule has 2 rings (SSSR count). The summed E-state index contributed by atoms with van der Waals surface area (Å²) in [4.78, 5) is 13.7. The lowest BCUT2D eigenvalue weighted by Crippen LogP contribution is -2.31. The minimum absolute atomic E-state index is 0.181. The Balaban J connectivity index is 2.06. The molecule has 2 N–H and O–H groups in total. The summed E-state index contributed by atoms with van der Waals surface area (Å²) in [5, 5.41) is 12.6. The molecule has 0 aliphatic heterocycles. The summed E-state index contributed by atoms with van der Waals surface area (Å²) in [5.74, 6) is 0.181. The van der Waals surface area contributed by atoms with Gasteiger partial charge in [-0.15, -0.1) is 0 Å². The Morgan fingerprint density at radius 2 is 1.95 bits per heavy atom. The molecule has 2 aromatic carbocycles. The Morgan fingerprint density at radius 3 is 2.67 bits per heavy atom. The minimum atomic E-state index is -0.253. The predicted molar refractivity (Wildman–Crippen MR) is 90.4 cm³/mol. The molecule has 0 atom stereocenters. The number of nitrogens with zero attached hydrogens (tertiary/aromatic N) is 1. The molecule has 0 fully saturated rings. The van der Waals surface area contributed by atoms with Crippen LogP contribution in [-0.4, -0.2) is 23.1 Å². The van der Waals surface area contributed by atoms with Gasteiger partial charge in [0, 0.05) is 21.6 Å². The van der Waals surface area contributed by atoms with E-state index in [0.717, 1.165) is 8.95 Å². The molecular weight excluding hydrogens is 400 g/mol. The summed E-state index contributed by atoms with van der Waals surface area (Å²) in [7, 11) is 1.67. The van der Waals surface area contributed by atoms with Gasteiger partial charge in [-0.2, -0.15) is 0 Å². The van der Waals surface area contributed by atoms with E-state index in [1.165, 1.54) is 4.90 Å². The largest absolute Gasteiger partial charge is 0.508 e. The van der Waals surface area contributed by atoms with Crippen LogP contribution in [0.2, 0.25) is 0 Å². The van der Waals surface area contributed by atoms with Gasteiger partial charge in [-0.3, -0.25) is 0 Å². The number of hydrogen-bond donors (Lipinski definition) is 2. The van der Waals surface area contributed by atoms with Crippen LogP contribution in [0, 0.1) is 0 Å². The van der Waals surface area contributed by atoms with Gasteiger partial charge in [-0.05, 0) is 40.2 Å². The zero-order valence-electron chi connectivity index (χ0n) is 11.3. The maximum absolute atomic E-state index is 12.2. The second-order valence-corrected chi connectivity index (χ2v) is 6.31. The third-order valence-corrected chi connectivity index (χ3v) is 4.10. The van der Waals surface area contributed by atoms with Crippen LogP contribution in [0.15, 0.2) is 51.4 Å². The van der Waals surface area contributed by atoms with Crippen LogP contribution < -0.4 is 5.32 Å². The predicted octanol–water partition coefficient (Wildman–Crippen LogP) is 4.58. The van der Waals surface area contributed by atoms with Gasteiger partial charge in [0.2, 0.25) is 0 Å². The quantitative estimate of drug-likeness (QED) is 0.773. The summed E-state index contributed by atoms with van der Waals surface area (Å²) in [6.45, 7) is 0.324. The summed E-state index contributed by atoms with van der Waals surface area (Å²) >= 11 is 6.76. The number of hydrogen-bond acceptors (Lipinski definition) is 2. The number of phenolic OH excluding ortho intramolecular Hbond substituents is 1. The number of phenols is 1. The molecule has 0 spiro atoms. The first-order chi connectivity index (χ1) is 9.97. The molecule has 2 amide bonds. The lowest BCUT2D eigenvalue weighted by atomic mass is 10.2. The van der Waals surface area contributed by atoms with Crippen LogP contribution in [0.5, 0.6) is 5.75 Å². The van der Waals surface area contributed by atoms with Crippen molar-refractivity contribution in [3.05, 3.63) is 57.0 Å². The Kier molecular flexibility index (Phi) is 5.25. The molecule has 21 heavy (non-hydrogen) atoms. The Labute approximate surface area is 140 Å². The fraction of sp³-hybridized carbons (Fsp3) is 0.133. The zero-order chi connectivity index (χ0) is 15.4. The third kappa shape index (κ3) is 4.22. The fourth-order valence-corrected chi connectivity index (χ4v) is 2.48. The van der Waals surface area contributed by atoms with Gasteiger partial charge in [0.15, 0.2) is 0 Å². The van der Waals surface area contributed by atoms with Gasteiger partial charge in [-0.25, -0.2) is 4.79 Å². The normalized spacial score (nSPS) is 10.2. The van der Waals surface area contributed by atoms with Crippen molar-refractivity contribution in [2.45, 2.75) is 6.54 Å². The van der Waals surface area contributed by atoms with E-state index < -0.39 is 0 Å². The van der Waals surface area contributed by atoms with Crippen LogP contribution in [-0.2, 0) is 6.54 Å². The second kappa shape index (κ2) is 6.95. The summed E-state index contributed by atoms with van der Waals surface area (Å²) in [6.07, 6.45) is 0. The third-order valence-electron chi connectivity index (χ3n) is 2.92. The van der Waals surface area contributed by atoms with E-state index in [2.05, 4.69) is 37.2 Å². The molecule has 0 aliphatic rings. The van der Waals surface area contributed by atoms with Crippen molar-refractivity contribution in [1.29, 1.82) is 0 Å². The Hall–Kier alpha value is -1.53. The van der Waals surface area contributed by atoms with Gasteiger partial charge < -0.3 is 15.3 Å². The molecule has 0 aliphatic carbocycles. The fourth-order valence-electron chi connectivity index (χ4n) is 1.78. The number of para-hydroxylation sites is 1. The van der Waals surface area contributed by atoms with E-state index in [1.807, 2.05) is 24.3 Å². The van der Waals surface area contributed by atoms with Crippen LogP contribution >= 0.6 is 31.9 Å². The molecule has 6 heteroatoms. The lowest BCUT2D eigenvalue weighted by molar-refractivity contribution is 0.220. The maximum atomic E-state index is 12.2. The average molecular weight is 414 g/mol. The van der Waals surface area contributed by atoms with Crippen LogP contribution in [0.25, 0.3) is 0 Å². The van der Waals surface area contributed by atoms with Crippen LogP contribution in [0.1, 0.15) is 5.56 Å². The number of urea groups is 1. The van der Waals surface area contributed by atoms with Crippen LogP contribution in [0.3, 0.4) is 0 Å². The molecule has 0 unspecified atom stereocenters. The SMILES string of the molecule is CN(Cc1ccccc1O)C(=O)Nc1cc(Br)ccc1Br. The van der Waals surface area contributed by atoms with Crippen molar-refractivity contribution in [2.75, 3.05) is 12.4 Å². The highest BCUT2D eigenvalue weighted by Gasteiger charge is 2.12. The number of carbonyl (C=O) groups is 1. The average Bonchev–Trinajstić information content (AvgIpc) is 2.45. The van der Waals surface area contributed by atoms with Crippen molar-refractivity contribution in [1.82, 2.24) is 4.90 Å². The molecule has 0 radical (unpaired) electrons. The number of benzene rings is 2. The molecule has 110 valence electrons. The van der Waals surface area contributed by atoms with Gasteiger partial charge in [-0.1, -0.05) is 34.1 Å². The highest BCUT2D eigenvalue weighted by Crippen LogP contribution is 2.26. The summed E-state index contributed by atoms with van der Waals surface area (Å²) in [6, 6.07) is 12.3. The first-order valence-electron chi connectivity index (χ1n) is 6.21. The smallest absolute Gasteiger partial charge is 0.321 e. The molecule has 0 saturated heterocycles. The van der Waals surface area contributed by atoms with Gasteiger partial charge in [0.05, 0.1) is 12.2 Å². The number of anilines is 1. The number of nitrogens with one attached hydrogen (secondary N) is 1. The number of aromatic hydroxyl groups is 1. The molecule has 0 bridgehead atoms. The summed E-state index contributed by atoms with van der Waals surface area (Å²) < 4.78 is 1.68. The van der Waals surface area contributed by atoms with E-state index in [1.54, 1.807) is 25.2 Å². The van der Waals surface area contributed by atoms with Gasteiger partial charge in [0.25, 0.3) is 0 Å². The number of rotatable bonds is 3. The molecule has 0 aromatic heterocycles. The van der Waals surface area contributed by atoms with E-state index >= 15 is 0 Å². The first kappa shape index (κ1) is 15.9. The van der Waals surface area contributed by atoms with E-state index in [4.69, 9.17) is 0 Å². The highest BCUT2D eigenvalue weighted by molar-refractivity contribution is 9.11. The topological polar surface area (TPSA) is 52.6 Å². The molecular formula is C15H14Br2N2O2. The van der Waals surface area contributed by atoms with E-state index in [0.29, 0.717) is 17.8 Å². The molecule has 0 saturated carbocycles. The van der Waals surface area contributed by atoms with E-state index in [-0.39, 0.29) is 11.8 Å². The van der Waals surface area contributed by atoms with Crippen molar-refractivity contribution in [3.8, 4) is 5.75 Å². The van der Waals surface area contributed by atoms with Crippen LogP contribution in [0.4, 0.5) is 10.5 Å². The zero-order valence-corrected chi connectivity index (χ0v) is 14.5.